The predicted octanol–water partition coefficient (Wildman–Crippen LogP) is 27.2. The molecule has 1 aliphatic heterocycles. The number of allylic oxidation sites excluding steroid dienone is 1. The summed E-state index contributed by atoms with van der Waals surface area (Å²) >= 11 is 0. The number of nitrogens with zero attached hydrogens (tertiary/aromatic N) is 5. The van der Waals surface area contributed by atoms with E-state index >= 15 is 0 Å². The standard InChI is InChI=1S/C99H69N5O3/c1-62(2)68-23-14-25-70(55-68)81-34-13-12-33-80(81)66-37-39-67(40-38-66)84-43-44-85-86-45-47-90(103(74-27-8-5-9-28-74)75-29-15-24-69(57-75)63-19-6-4-7-20-63)98-95(86)96-87(88-59-77(60-92-93(88)94(85)97(84)106-92)102-61-73(51-54-101-102)64-49-52-100-53-50-64)46-48-91(99(96)107-98)104(76-30-18-31-78(58-76)105-3)89-36-17-26-71-56-72(41-42-83(71)89)82-35-16-22-65-21-10-11-32-79(65)82/h4-60,62H,61H2,1-3H3. The van der Waals surface area contributed by atoms with E-state index in [1.165, 1.54) is 38.6 Å². The number of para-hydroxylation sites is 1. The highest BCUT2D eigenvalue weighted by Gasteiger charge is 2.31. The van der Waals surface area contributed by atoms with Crippen LogP contribution >= 0.6 is 0 Å². The molecule has 508 valence electrons. The number of pyridine rings is 1. The fourth-order valence-electron chi connectivity index (χ4n) is 16.5. The molecule has 0 unspecified atom stereocenters. The van der Waals surface area contributed by atoms with Crippen molar-refractivity contribution in [2.45, 2.75) is 19.8 Å². The van der Waals surface area contributed by atoms with Crippen molar-refractivity contribution < 1.29 is 13.6 Å². The number of hydrogen-bond donors (Lipinski definition) is 0. The van der Waals surface area contributed by atoms with Crippen LogP contribution in [-0.4, -0.2) is 24.9 Å². The number of furan rings is 2. The number of hydrazone groups is 1. The third kappa shape index (κ3) is 10.7. The second-order valence-electron chi connectivity index (χ2n) is 28.1. The van der Waals surface area contributed by atoms with Gasteiger partial charge in [0.05, 0.1) is 36.4 Å². The van der Waals surface area contributed by atoms with Crippen LogP contribution in [0.1, 0.15) is 30.9 Å². The van der Waals surface area contributed by atoms with Crippen molar-refractivity contribution >= 4 is 139 Å². The Morgan fingerprint density at radius 3 is 1.73 bits per heavy atom. The molecule has 0 aliphatic carbocycles. The van der Waals surface area contributed by atoms with Crippen LogP contribution < -0.4 is 19.5 Å². The Bertz CT molecular complexity index is 6750. The third-order valence-electron chi connectivity index (χ3n) is 21.7. The number of aromatic nitrogens is 1. The smallest absolute Gasteiger partial charge is 0.160 e. The summed E-state index contributed by atoms with van der Waals surface area (Å²) in [6, 6.07) is 116. The van der Waals surface area contributed by atoms with Crippen LogP contribution in [0.5, 0.6) is 5.75 Å². The minimum Gasteiger partial charge on any atom is -0.497 e. The quantitative estimate of drug-likeness (QED) is 0.101. The summed E-state index contributed by atoms with van der Waals surface area (Å²) in [4.78, 5) is 9.11. The fourth-order valence-corrected chi connectivity index (χ4v) is 16.5. The molecule has 0 spiro atoms. The molecule has 107 heavy (non-hydrogen) atoms. The van der Waals surface area contributed by atoms with E-state index < -0.39 is 0 Å². The summed E-state index contributed by atoms with van der Waals surface area (Å²) in [6.45, 7) is 5.02. The maximum Gasteiger partial charge on any atom is 0.160 e. The number of methoxy groups -OCH3 is 1. The Kier molecular flexibility index (Phi) is 15.2. The molecule has 0 fully saturated rings. The Labute approximate surface area is 619 Å². The molecule has 19 aromatic rings. The van der Waals surface area contributed by atoms with Crippen molar-refractivity contribution in [3.63, 3.8) is 0 Å². The average Bonchev–Trinajstić information content (AvgIpc) is 1.55. The van der Waals surface area contributed by atoms with Crippen LogP contribution in [0.25, 0.3) is 148 Å². The molecule has 3 aromatic heterocycles. The van der Waals surface area contributed by atoms with Crippen LogP contribution in [0.3, 0.4) is 0 Å². The SMILES string of the molecule is COc1cccc(N(c2cccc3cc(-c4cccc5ccccc45)ccc23)c2ccc3c4cc(N5CC(c6ccncc6)=CC=N5)cc5oc6c(-c7ccc(-c8ccccc8-c8cccc(C(C)C)c8)cc7)ccc(c7ccc(N(c8ccccc8)c8cccc(-c9ccccc9)c8)c8oc2c3c87)c6c54)c1. The molecule has 0 N–H and O–H groups in total. The van der Waals surface area contributed by atoms with Crippen molar-refractivity contribution in [1.82, 2.24) is 4.98 Å². The van der Waals surface area contributed by atoms with Crippen LogP contribution in [0.2, 0.25) is 0 Å². The van der Waals surface area contributed by atoms with Gasteiger partial charge >= 0.3 is 0 Å². The maximum atomic E-state index is 8.16. The Morgan fingerprint density at radius 1 is 0.364 bits per heavy atom. The Balaban J connectivity index is 0.876. The van der Waals surface area contributed by atoms with Crippen molar-refractivity contribution in [1.29, 1.82) is 0 Å². The van der Waals surface area contributed by atoms with Crippen molar-refractivity contribution in [2.24, 2.45) is 5.10 Å². The third-order valence-corrected chi connectivity index (χ3v) is 21.7. The second kappa shape index (κ2) is 25.9. The molecule has 0 radical (unpaired) electrons. The van der Waals surface area contributed by atoms with Gasteiger partial charge in [-0.25, -0.2) is 0 Å². The van der Waals surface area contributed by atoms with Crippen molar-refractivity contribution in [3.8, 4) is 61.4 Å². The van der Waals surface area contributed by atoms with E-state index in [4.69, 9.17) is 18.7 Å². The van der Waals surface area contributed by atoms with E-state index in [1.54, 1.807) is 7.11 Å². The lowest BCUT2D eigenvalue weighted by Gasteiger charge is -2.27. The van der Waals surface area contributed by atoms with E-state index in [9.17, 15) is 0 Å². The topological polar surface area (TPSA) is 70.5 Å². The van der Waals surface area contributed by atoms with Crippen LogP contribution in [0.4, 0.5) is 39.8 Å². The van der Waals surface area contributed by atoms with E-state index in [2.05, 4.69) is 355 Å². The molecule has 0 bridgehead atoms. The number of benzene rings is 15. The molecular weight excluding hydrogens is 1310 g/mol. The fraction of sp³-hybridized carbons (Fsp3) is 0.0505. The molecular formula is C99H69N5O3. The van der Waals surface area contributed by atoms with E-state index in [0.717, 1.165) is 161 Å². The second-order valence-corrected chi connectivity index (χ2v) is 28.1. The summed E-state index contributed by atoms with van der Waals surface area (Å²) in [5, 5.41) is 19.8. The minimum atomic E-state index is 0.411. The van der Waals surface area contributed by atoms with Gasteiger partial charge in [0.2, 0.25) is 0 Å². The molecule has 8 heteroatoms. The van der Waals surface area contributed by atoms with Gasteiger partial charge in [-0.1, -0.05) is 238 Å². The minimum absolute atomic E-state index is 0.411. The normalized spacial score (nSPS) is 12.5. The number of ether oxygens (including phenoxy) is 1. The first-order valence-corrected chi connectivity index (χ1v) is 36.6. The van der Waals surface area contributed by atoms with Gasteiger partial charge in [-0.3, -0.25) is 9.99 Å². The lowest BCUT2D eigenvalue weighted by Crippen LogP contribution is -2.21. The van der Waals surface area contributed by atoms with Gasteiger partial charge in [0.25, 0.3) is 0 Å². The molecule has 4 heterocycles. The molecule has 20 rings (SSSR count). The van der Waals surface area contributed by atoms with Gasteiger partial charge in [0.1, 0.15) is 16.9 Å². The summed E-state index contributed by atoms with van der Waals surface area (Å²) in [5.41, 5.74) is 24.2. The van der Waals surface area contributed by atoms with Gasteiger partial charge < -0.3 is 23.4 Å². The zero-order chi connectivity index (χ0) is 71.2. The van der Waals surface area contributed by atoms with Gasteiger partial charge in [-0.15, -0.1) is 0 Å². The zero-order valence-corrected chi connectivity index (χ0v) is 59.2. The van der Waals surface area contributed by atoms with Crippen LogP contribution in [0, 0.1) is 0 Å². The van der Waals surface area contributed by atoms with Gasteiger partial charge in [-0.05, 0) is 201 Å². The average molecular weight is 1380 g/mol. The monoisotopic (exact) mass is 1380 g/mol. The highest BCUT2D eigenvalue weighted by Crippen LogP contribution is 2.55. The highest BCUT2D eigenvalue weighted by atomic mass is 16.5. The summed E-state index contributed by atoms with van der Waals surface area (Å²) in [5.74, 6) is 1.14. The highest BCUT2D eigenvalue weighted by molar-refractivity contribution is 6.39. The molecule has 0 saturated heterocycles. The number of fused-ring (bicyclic) bond motifs is 4. The largest absolute Gasteiger partial charge is 0.497 e. The van der Waals surface area contributed by atoms with E-state index in [0.29, 0.717) is 18.0 Å². The first-order chi connectivity index (χ1) is 52.8. The Morgan fingerprint density at radius 2 is 0.944 bits per heavy atom. The number of hydrogen-bond acceptors (Lipinski definition) is 8. The lowest BCUT2D eigenvalue weighted by molar-refractivity contribution is 0.415. The zero-order valence-electron chi connectivity index (χ0n) is 59.2. The summed E-state index contributed by atoms with van der Waals surface area (Å²) < 4.78 is 21.9. The van der Waals surface area contributed by atoms with E-state index in [-0.39, 0.29) is 0 Å². The van der Waals surface area contributed by atoms with Gasteiger partial charge in [-0.2, -0.15) is 5.10 Å². The maximum absolute atomic E-state index is 8.16. The molecule has 0 amide bonds. The van der Waals surface area contributed by atoms with Gasteiger partial charge in [0, 0.05) is 80.3 Å². The molecule has 8 nitrogen and oxygen atoms in total. The van der Waals surface area contributed by atoms with Crippen molar-refractivity contribution in [2.75, 3.05) is 28.5 Å². The first kappa shape index (κ1) is 62.9. The summed E-state index contributed by atoms with van der Waals surface area (Å²) in [6.07, 6.45) is 7.69. The predicted molar refractivity (Wildman–Crippen MR) is 447 cm³/mol. The van der Waals surface area contributed by atoms with Gasteiger partial charge in [0.15, 0.2) is 11.2 Å². The molecule has 16 aromatic carbocycles. The Hall–Kier alpha value is -13.8. The molecule has 0 atom stereocenters. The van der Waals surface area contributed by atoms with Crippen LogP contribution in [-0.2, 0) is 0 Å². The molecule has 1 aliphatic rings. The summed E-state index contributed by atoms with van der Waals surface area (Å²) in [7, 11) is 1.73. The number of rotatable bonds is 15. The van der Waals surface area contributed by atoms with Crippen LogP contribution in [0.15, 0.2) is 354 Å². The van der Waals surface area contributed by atoms with Crippen molar-refractivity contribution in [3.05, 3.63) is 351 Å². The molecule has 0 saturated carbocycles. The first-order valence-electron chi connectivity index (χ1n) is 36.6. The van der Waals surface area contributed by atoms with E-state index in [1.807, 2.05) is 24.7 Å². The number of anilines is 7. The lowest BCUT2D eigenvalue weighted by atomic mass is 9.90.